The van der Waals surface area contributed by atoms with Crippen molar-refractivity contribution in [3.8, 4) is 0 Å². The minimum Gasteiger partial charge on any atom is -0.353 e. The maximum Gasteiger partial charge on any atom is 0.221 e. The maximum absolute atomic E-state index is 11.6. The Morgan fingerprint density at radius 2 is 2.12 bits per heavy atom. The molecule has 1 atom stereocenters. The summed E-state index contributed by atoms with van der Waals surface area (Å²) in [5, 5.41) is 3.08. The van der Waals surface area contributed by atoms with E-state index in [4.69, 9.17) is 5.73 Å². The van der Waals surface area contributed by atoms with Gasteiger partial charge in [0, 0.05) is 31.6 Å². The summed E-state index contributed by atoms with van der Waals surface area (Å²) in [5.41, 5.74) is 5.61. The average molecular weight is 241 g/mol. The van der Waals surface area contributed by atoms with E-state index in [1.54, 1.807) is 0 Å². The molecule has 0 bridgehead atoms. The van der Waals surface area contributed by atoms with Crippen LogP contribution in [0.15, 0.2) is 0 Å². The topological polar surface area (TPSA) is 58.4 Å². The second-order valence-electron chi connectivity index (χ2n) is 5.22. The second-order valence-corrected chi connectivity index (χ2v) is 5.22. The highest BCUT2D eigenvalue weighted by Crippen LogP contribution is 2.11. The molecule has 1 aliphatic rings. The van der Waals surface area contributed by atoms with E-state index in [0.717, 1.165) is 25.9 Å². The number of nitrogens with two attached hydrogens (primary N) is 1. The zero-order valence-corrected chi connectivity index (χ0v) is 11.2. The number of nitrogens with zero attached hydrogens (tertiary/aromatic N) is 1. The summed E-state index contributed by atoms with van der Waals surface area (Å²) in [6.45, 7) is 7.52. The summed E-state index contributed by atoms with van der Waals surface area (Å²) >= 11 is 0. The normalized spacial score (nSPS) is 20.2. The molecule has 0 radical (unpaired) electrons. The Hall–Kier alpha value is -0.610. The zero-order valence-electron chi connectivity index (χ0n) is 11.2. The molecule has 1 unspecified atom stereocenters. The molecule has 4 heteroatoms. The van der Waals surface area contributed by atoms with Crippen LogP contribution in [-0.2, 0) is 4.79 Å². The number of carbonyl (C=O) groups excluding carboxylic acids is 1. The van der Waals surface area contributed by atoms with Gasteiger partial charge in [-0.05, 0) is 32.7 Å². The zero-order chi connectivity index (χ0) is 12.7. The van der Waals surface area contributed by atoms with Crippen LogP contribution in [0.1, 0.15) is 46.0 Å². The molecule has 17 heavy (non-hydrogen) atoms. The molecule has 1 fully saturated rings. The Morgan fingerprint density at radius 1 is 1.47 bits per heavy atom. The number of hydrogen-bond acceptors (Lipinski definition) is 3. The predicted octanol–water partition coefficient (Wildman–Crippen LogP) is 1.10. The van der Waals surface area contributed by atoms with Crippen molar-refractivity contribution >= 4 is 5.91 Å². The molecular formula is C13H27N3O. The fourth-order valence-electron chi connectivity index (χ4n) is 2.26. The van der Waals surface area contributed by atoms with Crippen LogP contribution in [0.2, 0.25) is 0 Å². The SMILES string of the molecule is CCCCN1CCC(NC(=O)CC(C)N)CC1. The molecule has 0 aromatic rings. The van der Waals surface area contributed by atoms with E-state index in [0.29, 0.717) is 12.5 Å². The monoisotopic (exact) mass is 241 g/mol. The Labute approximate surface area is 105 Å². The summed E-state index contributed by atoms with van der Waals surface area (Å²) < 4.78 is 0. The van der Waals surface area contributed by atoms with Gasteiger partial charge in [-0.15, -0.1) is 0 Å². The molecule has 0 saturated carbocycles. The molecule has 1 rings (SSSR count). The predicted molar refractivity (Wildman–Crippen MR) is 70.8 cm³/mol. The Morgan fingerprint density at radius 3 is 2.65 bits per heavy atom. The van der Waals surface area contributed by atoms with Crippen LogP contribution < -0.4 is 11.1 Å². The number of rotatable bonds is 6. The van der Waals surface area contributed by atoms with Crippen LogP contribution >= 0.6 is 0 Å². The van der Waals surface area contributed by atoms with Gasteiger partial charge in [-0.25, -0.2) is 0 Å². The standard InChI is InChI=1S/C13H27N3O/c1-3-4-7-16-8-5-12(6-9-16)15-13(17)10-11(2)14/h11-12H,3-10,14H2,1-2H3,(H,15,17). The third-order valence-electron chi connectivity index (χ3n) is 3.29. The van der Waals surface area contributed by atoms with Crippen LogP contribution in [0.25, 0.3) is 0 Å². The Kier molecular flexibility index (Phi) is 6.52. The fourth-order valence-corrected chi connectivity index (χ4v) is 2.26. The number of unbranched alkanes of at least 4 members (excludes halogenated alkanes) is 1. The van der Waals surface area contributed by atoms with E-state index in [2.05, 4.69) is 17.1 Å². The first-order valence-corrected chi connectivity index (χ1v) is 6.89. The molecule has 0 aliphatic carbocycles. The van der Waals surface area contributed by atoms with Crippen LogP contribution in [-0.4, -0.2) is 42.5 Å². The van der Waals surface area contributed by atoms with Crippen LogP contribution in [0.4, 0.5) is 0 Å². The van der Waals surface area contributed by atoms with E-state index < -0.39 is 0 Å². The van der Waals surface area contributed by atoms with Crippen molar-refractivity contribution in [3.63, 3.8) is 0 Å². The number of carbonyl (C=O) groups is 1. The quantitative estimate of drug-likeness (QED) is 0.732. The summed E-state index contributed by atoms with van der Waals surface area (Å²) in [4.78, 5) is 14.1. The van der Waals surface area contributed by atoms with Crippen molar-refractivity contribution in [1.29, 1.82) is 0 Å². The number of likely N-dealkylation sites (tertiary alicyclic amines) is 1. The van der Waals surface area contributed by atoms with Gasteiger partial charge in [-0.3, -0.25) is 4.79 Å². The summed E-state index contributed by atoms with van der Waals surface area (Å²) in [6.07, 6.45) is 5.13. The Bertz CT molecular complexity index is 223. The number of amides is 1. The molecule has 3 N–H and O–H groups in total. The third-order valence-corrected chi connectivity index (χ3v) is 3.29. The minimum atomic E-state index is -0.0420. The van der Waals surface area contributed by atoms with Gasteiger partial charge in [0.1, 0.15) is 0 Å². The van der Waals surface area contributed by atoms with Gasteiger partial charge >= 0.3 is 0 Å². The first-order chi connectivity index (χ1) is 8.11. The molecule has 0 aromatic heterocycles. The molecule has 100 valence electrons. The van der Waals surface area contributed by atoms with Gasteiger partial charge in [0.15, 0.2) is 0 Å². The maximum atomic E-state index is 11.6. The van der Waals surface area contributed by atoms with E-state index in [1.807, 2.05) is 6.92 Å². The lowest BCUT2D eigenvalue weighted by Crippen LogP contribution is -2.45. The molecule has 1 aliphatic heterocycles. The molecular weight excluding hydrogens is 214 g/mol. The highest BCUT2D eigenvalue weighted by molar-refractivity contribution is 5.76. The molecule has 1 amide bonds. The van der Waals surface area contributed by atoms with Crippen molar-refractivity contribution in [3.05, 3.63) is 0 Å². The van der Waals surface area contributed by atoms with E-state index in [9.17, 15) is 4.79 Å². The highest BCUT2D eigenvalue weighted by atomic mass is 16.1. The Balaban J connectivity index is 2.16. The lowest BCUT2D eigenvalue weighted by Gasteiger charge is -2.32. The third kappa shape index (κ3) is 6.03. The fraction of sp³-hybridized carbons (Fsp3) is 0.923. The van der Waals surface area contributed by atoms with Crippen molar-refractivity contribution in [2.75, 3.05) is 19.6 Å². The van der Waals surface area contributed by atoms with Gasteiger partial charge in [0.25, 0.3) is 0 Å². The van der Waals surface area contributed by atoms with Crippen molar-refractivity contribution < 1.29 is 4.79 Å². The largest absolute Gasteiger partial charge is 0.353 e. The van der Waals surface area contributed by atoms with Crippen molar-refractivity contribution in [2.45, 2.75) is 58.0 Å². The first kappa shape index (κ1) is 14.5. The summed E-state index contributed by atoms with van der Waals surface area (Å²) in [5.74, 6) is 0.104. The van der Waals surface area contributed by atoms with E-state index in [1.165, 1.54) is 19.4 Å². The number of piperidine rings is 1. The van der Waals surface area contributed by atoms with Gasteiger partial charge in [-0.2, -0.15) is 0 Å². The minimum absolute atomic E-state index is 0.0420. The summed E-state index contributed by atoms with van der Waals surface area (Å²) in [6, 6.07) is 0.318. The van der Waals surface area contributed by atoms with Crippen LogP contribution in [0.5, 0.6) is 0 Å². The van der Waals surface area contributed by atoms with E-state index in [-0.39, 0.29) is 11.9 Å². The van der Waals surface area contributed by atoms with Gasteiger partial charge in [0.05, 0.1) is 0 Å². The van der Waals surface area contributed by atoms with Crippen molar-refractivity contribution in [2.24, 2.45) is 5.73 Å². The molecule has 4 nitrogen and oxygen atoms in total. The second kappa shape index (κ2) is 7.67. The van der Waals surface area contributed by atoms with Gasteiger partial charge in [0.2, 0.25) is 5.91 Å². The molecule has 0 aromatic carbocycles. The molecule has 0 spiro atoms. The van der Waals surface area contributed by atoms with E-state index >= 15 is 0 Å². The van der Waals surface area contributed by atoms with Crippen LogP contribution in [0, 0.1) is 0 Å². The molecule has 1 saturated heterocycles. The number of nitrogens with one attached hydrogen (secondary N) is 1. The first-order valence-electron chi connectivity index (χ1n) is 6.89. The number of hydrogen-bond donors (Lipinski definition) is 2. The lowest BCUT2D eigenvalue weighted by atomic mass is 10.0. The lowest BCUT2D eigenvalue weighted by molar-refractivity contribution is -0.122. The van der Waals surface area contributed by atoms with Gasteiger partial charge < -0.3 is 16.0 Å². The average Bonchev–Trinajstić information content (AvgIpc) is 2.27. The highest BCUT2D eigenvalue weighted by Gasteiger charge is 2.20. The van der Waals surface area contributed by atoms with Crippen LogP contribution in [0.3, 0.4) is 0 Å². The van der Waals surface area contributed by atoms with Gasteiger partial charge in [-0.1, -0.05) is 13.3 Å². The summed E-state index contributed by atoms with van der Waals surface area (Å²) in [7, 11) is 0. The smallest absolute Gasteiger partial charge is 0.221 e. The molecule has 1 heterocycles. The van der Waals surface area contributed by atoms with Crippen molar-refractivity contribution in [1.82, 2.24) is 10.2 Å².